The van der Waals surface area contributed by atoms with E-state index in [-0.39, 0.29) is 11.4 Å². The maximum atomic E-state index is 13.1. The van der Waals surface area contributed by atoms with Crippen molar-refractivity contribution in [1.29, 1.82) is 0 Å². The van der Waals surface area contributed by atoms with Crippen LogP contribution in [0.4, 0.5) is 4.39 Å². The molecule has 1 N–H and O–H groups in total. The molecule has 2 aromatic carbocycles. The second-order valence-electron chi connectivity index (χ2n) is 6.88. The summed E-state index contributed by atoms with van der Waals surface area (Å²) in [6.07, 6.45) is 1.73. The van der Waals surface area contributed by atoms with Crippen LogP contribution in [-0.2, 0) is 0 Å². The third-order valence-electron chi connectivity index (χ3n) is 4.16. The largest absolute Gasteiger partial charge is 0.493 e. The van der Waals surface area contributed by atoms with E-state index in [2.05, 4.69) is 25.5 Å². The molecule has 3 aromatic rings. The Morgan fingerprint density at radius 1 is 1.18 bits per heavy atom. The minimum atomic E-state index is -0.364. The Balaban J connectivity index is 2.01. The first kappa shape index (κ1) is 19.5. The Morgan fingerprint density at radius 2 is 1.89 bits per heavy atom. The van der Waals surface area contributed by atoms with Crippen LogP contribution in [0.5, 0.6) is 11.5 Å². The summed E-state index contributed by atoms with van der Waals surface area (Å²) in [6.45, 7) is 8.64. The van der Waals surface area contributed by atoms with Gasteiger partial charge in [0, 0.05) is 0 Å². The van der Waals surface area contributed by atoms with E-state index in [0.717, 1.165) is 5.56 Å². The van der Waals surface area contributed by atoms with Gasteiger partial charge in [-0.15, -0.1) is 0 Å². The van der Waals surface area contributed by atoms with Crippen molar-refractivity contribution < 1.29 is 13.9 Å². The second-order valence-corrected chi connectivity index (χ2v) is 6.88. The van der Waals surface area contributed by atoms with Gasteiger partial charge in [0.25, 0.3) is 5.56 Å². The van der Waals surface area contributed by atoms with E-state index >= 15 is 0 Å². The highest BCUT2D eigenvalue weighted by atomic mass is 19.1. The lowest BCUT2D eigenvalue weighted by Crippen LogP contribution is -2.33. The SMILES string of the molecule is C=c1[nH]n(-c2ccc(F)cc2)c(=O)/c1=C\c1ccc(OCC(C)C)c(OC)c1. The van der Waals surface area contributed by atoms with Gasteiger partial charge in [0.1, 0.15) is 5.82 Å². The molecule has 0 unspecified atom stereocenters. The quantitative estimate of drug-likeness (QED) is 0.713. The fourth-order valence-corrected chi connectivity index (χ4v) is 2.73. The minimum Gasteiger partial charge on any atom is -0.493 e. The highest BCUT2D eigenvalue weighted by Gasteiger charge is 2.08. The monoisotopic (exact) mass is 382 g/mol. The van der Waals surface area contributed by atoms with Gasteiger partial charge in [0.05, 0.1) is 30.0 Å². The average molecular weight is 382 g/mol. The van der Waals surface area contributed by atoms with Gasteiger partial charge in [-0.25, -0.2) is 9.07 Å². The number of nitrogens with one attached hydrogen (secondary N) is 1. The summed E-state index contributed by atoms with van der Waals surface area (Å²) >= 11 is 0. The zero-order valence-electron chi connectivity index (χ0n) is 16.2. The zero-order valence-corrected chi connectivity index (χ0v) is 16.2. The molecule has 28 heavy (non-hydrogen) atoms. The van der Waals surface area contributed by atoms with Crippen LogP contribution in [0.15, 0.2) is 47.3 Å². The van der Waals surface area contributed by atoms with Crippen molar-refractivity contribution in [3.63, 3.8) is 0 Å². The van der Waals surface area contributed by atoms with E-state index in [0.29, 0.717) is 40.3 Å². The summed E-state index contributed by atoms with van der Waals surface area (Å²) in [5, 5.41) is 3.81. The Labute approximate surface area is 162 Å². The van der Waals surface area contributed by atoms with Crippen molar-refractivity contribution in [2.45, 2.75) is 13.8 Å². The first-order valence-electron chi connectivity index (χ1n) is 8.97. The van der Waals surface area contributed by atoms with Crippen LogP contribution in [0.25, 0.3) is 18.3 Å². The molecule has 0 radical (unpaired) electrons. The van der Waals surface area contributed by atoms with Crippen molar-refractivity contribution >= 4 is 12.7 Å². The van der Waals surface area contributed by atoms with Crippen LogP contribution in [0.3, 0.4) is 0 Å². The molecular formula is C22H23FN2O3. The van der Waals surface area contributed by atoms with Crippen molar-refractivity contribution in [3.05, 3.63) is 74.8 Å². The van der Waals surface area contributed by atoms with E-state index in [9.17, 15) is 9.18 Å². The number of methoxy groups -OCH3 is 1. The third kappa shape index (κ3) is 4.17. The molecule has 0 aliphatic carbocycles. The molecule has 3 rings (SSSR count). The molecule has 6 heteroatoms. The maximum absolute atomic E-state index is 13.1. The smallest absolute Gasteiger partial charge is 0.279 e. The van der Waals surface area contributed by atoms with Crippen molar-refractivity contribution in [2.75, 3.05) is 13.7 Å². The molecule has 0 saturated carbocycles. The number of benzene rings is 2. The normalized spacial score (nSPS) is 11.8. The van der Waals surface area contributed by atoms with Crippen LogP contribution < -0.4 is 25.6 Å². The van der Waals surface area contributed by atoms with Crippen molar-refractivity contribution in [2.24, 2.45) is 5.92 Å². The van der Waals surface area contributed by atoms with Crippen molar-refractivity contribution in [1.82, 2.24) is 9.78 Å². The molecule has 146 valence electrons. The lowest BCUT2D eigenvalue weighted by Gasteiger charge is -2.12. The molecule has 0 spiro atoms. The number of nitrogens with zero attached hydrogens (tertiary/aromatic N) is 1. The fraction of sp³-hybridized carbons (Fsp3) is 0.227. The fourth-order valence-electron chi connectivity index (χ4n) is 2.73. The predicted molar refractivity (Wildman–Crippen MR) is 108 cm³/mol. The van der Waals surface area contributed by atoms with Crippen LogP contribution in [-0.4, -0.2) is 23.5 Å². The molecule has 0 saturated heterocycles. The van der Waals surface area contributed by atoms with E-state index in [1.165, 1.54) is 28.9 Å². The number of aromatic nitrogens is 2. The first-order valence-corrected chi connectivity index (χ1v) is 8.97. The summed E-state index contributed by atoms with van der Waals surface area (Å²) in [7, 11) is 1.58. The molecule has 0 amide bonds. The second kappa shape index (κ2) is 8.17. The van der Waals surface area contributed by atoms with Gasteiger partial charge in [-0.1, -0.05) is 26.5 Å². The average Bonchev–Trinajstić information content (AvgIpc) is 2.95. The lowest BCUT2D eigenvalue weighted by atomic mass is 10.1. The topological polar surface area (TPSA) is 56.2 Å². The summed E-state index contributed by atoms with van der Waals surface area (Å²) in [6, 6.07) is 11.1. The highest BCUT2D eigenvalue weighted by molar-refractivity contribution is 5.56. The van der Waals surface area contributed by atoms with Gasteiger partial charge in [-0.05, 0) is 54.0 Å². The summed E-state index contributed by atoms with van der Waals surface area (Å²) < 4.78 is 25.7. The third-order valence-corrected chi connectivity index (χ3v) is 4.16. The first-order chi connectivity index (χ1) is 13.4. The molecule has 0 aliphatic rings. The molecule has 0 atom stereocenters. The number of aromatic amines is 1. The van der Waals surface area contributed by atoms with Crippen LogP contribution in [0.1, 0.15) is 19.4 Å². The van der Waals surface area contributed by atoms with Gasteiger partial charge in [0.15, 0.2) is 11.5 Å². The van der Waals surface area contributed by atoms with Gasteiger partial charge >= 0.3 is 0 Å². The predicted octanol–water partition coefficient (Wildman–Crippen LogP) is 2.59. The van der Waals surface area contributed by atoms with Crippen LogP contribution in [0.2, 0.25) is 0 Å². The Morgan fingerprint density at radius 3 is 2.54 bits per heavy atom. The number of rotatable bonds is 6. The molecule has 0 bridgehead atoms. The Bertz CT molecular complexity index is 1130. The lowest BCUT2D eigenvalue weighted by molar-refractivity contribution is 0.257. The van der Waals surface area contributed by atoms with Gasteiger partial charge in [-0.2, -0.15) is 0 Å². The molecule has 1 heterocycles. The Kier molecular flexibility index (Phi) is 5.68. The van der Waals surface area contributed by atoms with Crippen molar-refractivity contribution in [3.8, 4) is 17.2 Å². The van der Waals surface area contributed by atoms with E-state index < -0.39 is 0 Å². The number of hydrogen-bond acceptors (Lipinski definition) is 3. The Hall–Kier alpha value is -3.28. The van der Waals surface area contributed by atoms with E-state index in [1.54, 1.807) is 13.2 Å². The van der Waals surface area contributed by atoms with E-state index in [1.807, 2.05) is 18.2 Å². The van der Waals surface area contributed by atoms with Crippen LogP contribution in [0, 0.1) is 11.7 Å². The maximum Gasteiger partial charge on any atom is 0.279 e. The zero-order chi connectivity index (χ0) is 20.3. The molecule has 0 aliphatic heterocycles. The number of ether oxygens (including phenoxy) is 2. The summed E-state index contributed by atoms with van der Waals surface area (Å²) in [5.41, 5.74) is 1.04. The molecule has 1 aromatic heterocycles. The number of halogens is 1. The standard InChI is InChI=1S/C22H23FN2O3/c1-14(2)13-28-20-10-5-16(12-21(20)27-4)11-19-15(3)24-25(22(19)26)18-8-6-17(23)7-9-18/h5-12,14,24H,3,13H2,1-2,4H3/b19-11-. The van der Waals surface area contributed by atoms with Crippen LogP contribution >= 0.6 is 0 Å². The van der Waals surface area contributed by atoms with Gasteiger partial charge in [-0.3, -0.25) is 9.89 Å². The highest BCUT2D eigenvalue weighted by Crippen LogP contribution is 2.28. The number of hydrogen-bond donors (Lipinski definition) is 1. The summed E-state index contributed by atoms with van der Waals surface area (Å²) in [4.78, 5) is 12.8. The van der Waals surface area contributed by atoms with Gasteiger partial charge < -0.3 is 9.47 Å². The molecular weight excluding hydrogens is 359 g/mol. The molecule has 0 fully saturated rings. The van der Waals surface area contributed by atoms with Gasteiger partial charge in [0.2, 0.25) is 0 Å². The summed E-state index contributed by atoms with van der Waals surface area (Å²) in [5.74, 6) is 1.28. The number of H-pyrrole nitrogens is 1. The van der Waals surface area contributed by atoms with E-state index in [4.69, 9.17) is 9.47 Å². The minimum absolute atomic E-state index is 0.268. The molecule has 5 nitrogen and oxygen atoms in total.